The molecule has 1 heterocycles. The second-order valence-electron chi connectivity index (χ2n) is 6.32. The first kappa shape index (κ1) is 16.1. The lowest BCUT2D eigenvalue weighted by Crippen LogP contribution is -2.42. The molecule has 1 aliphatic rings. The molecule has 1 fully saturated rings. The maximum Gasteiger partial charge on any atom is 0.192 e. The van der Waals surface area contributed by atoms with Gasteiger partial charge < -0.3 is 19.2 Å². The van der Waals surface area contributed by atoms with Gasteiger partial charge in [0.1, 0.15) is 0 Å². The van der Waals surface area contributed by atoms with Gasteiger partial charge in [0.2, 0.25) is 0 Å². The molecule has 0 radical (unpaired) electrons. The summed E-state index contributed by atoms with van der Waals surface area (Å²) >= 11 is 0. The largest absolute Gasteiger partial charge is 0.416 e. The average Bonchev–Trinajstić information content (AvgIpc) is 2.74. The van der Waals surface area contributed by atoms with Gasteiger partial charge >= 0.3 is 0 Å². The fraction of sp³-hybridized carbons (Fsp3) is 1.00. The normalized spacial score (nSPS) is 18.5. The van der Waals surface area contributed by atoms with E-state index in [0.717, 1.165) is 39.3 Å². The van der Waals surface area contributed by atoms with Crippen LogP contribution in [0, 0.1) is 0 Å². The zero-order valence-corrected chi connectivity index (χ0v) is 13.5. The SMILES string of the molecule is CC(C)(C)[Si](C)(C)OCCNCCC1OCCO1. The second kappa shape index (κ2) is 7.00. The van der Waals surface area contributed by atoms with Gasteiger partial charge in [-0.05, 0) is 18.1 Å². The fourth-order valence-electron chi connectivity index (χ4n) is 1.51. The minimum Gasteiger partial charge on any atom is -0.416 e. The molecule has 1 rings (SSSR count). The summed E-state index contributed by atoms with van der Waals surface area (Å²) in [5.41, 5.74) is 0. The van der Waals surface area contributed by atoms with Crippen molar-refractivity contribution in [3.8, 4) is 0 Å². The van der Waals surface area contributed by atoms with Crippen LogP contribution >= 0.6 is 0 Å². The Morgan fingerprint density at radius 3 is 2.33 bits per heavy atom. The van der Waals surface area contributed by atoms with E-state index in [4.69, 9.17) is 13.9 Å². The molecule has 0 aromatic carbocycles. The van der Waals surface area contributed by atoms with Crippen LogP contribution in [0.3, 0.4) is 0 Å². The topological polar surface area (TPSA) is 39.7 Å². The van der Waals surface area contributed by atoms with E-state index >= 15 is 0 Å². The minimum atomic E-state index is -1.58. The van der Waals surface area contributed by atoms with Crippen molar-refractivity contribution in [3.05, 3.63) is 0 Å². The van der Waals surface area contributed by atoms with Gasteiger partial charge in [-0.15, -0.1) is 0 Å². The second-order valence-corrected chi connectivity index (χ2v) is 11.1. The number of rotatable bonds is 7. The molecule has 1 saturated heterocycles. The molecule has 4 nitrogen and oxygen atoms in total. The van der Waals surface area contributed by atoms with Gasteiger partial charge in [-0.25, -0.2) is 0 Å². The van der Waals surface area contributed by atoms with Crippen LogP contribution in [0.2, 0.25) is 18.1 Å². The number of nitrogens with one attached hydrogen (secondary N) is 1. The molecule has 0 aromatic rings. The first-order valence-electron chi connectivity index (χ1n) is 6.91. The highest BCUT2D eigenvalue weighted by Crippen LogP contribution is 2.36. The molecule has 108 valence electrons. The van der Waals surface area contributed by atoms with Crippen LogP contribution in [-0.2, 0) is 13.9 Å². The van der Waals surface area contributed by atoms with Gasteiger partial charge in [-0.2, -0.15) is 0 Å². The van der Waals surface area contributed by atoms with Gasteiger partial charge in [0.25, 0.3) is 0 Å². The van der Waals surface area contributed by atoms with E-state index in [2.05, 4.69) is 39.2 Å². The predicted molar refractivity (Wildman–Crippen MR) is 76.3 cm³/mol. The van der Waals surface area contributed by atoms with Crippen LogP contribution in [0.4, 0.5) is 0 Å². The van der Waals surface area contributed by atoms with Crippen molar-refractivity contribution in [3.63, 3.8) is 0 Å². The third-order valence-electron chi connectivity index (χ3n) is 3.80. The maximum absolute atomic E-state index is 6.08. The van der Waals surface area contributed by atoms with Crippen molar-refractivity contribution in [1.29, 1.82) is 0 Å². The molecule has 0 aliphatic carbocycles. The highest BCUT2D eigenvalue weighted by Gasteiger charge is 2.36. The Kier molecular flexibility index (Phi) is 6.27. The Balaban J connectivity index is 2.01. The number of hydrogen-bond donors (Lipinski definition) is 1. The third-order valence-corrected chi connectivity index (χ3v) is 8.33. The summed E-state index contributed by atoms with van der Waals surface area (Å²) in [6.07, 6.45) is 0.916. The lowest BCUT2D eigenvalue weighted by atomic mass is 10.2. The lowest BCUT2D eigenvalue weighted by molar-refractivity contribution is -0.0459. The minimum absolute atomic E-state index is 0.00110. The first-order chi connectivity index (χ1) is 8.33. The zero-order valence-electron chi connectivity index (χ0n) is 12.5. The van der Waals surface area contributed by atoms with Crippen molar-refractivity contribution >= 4 is 8.32 Å². The molecule has 0 unspecified atom stereocenters. The van der Waals surface area contributed by atoms with Crippen molar-refractivity contribution in [2.24, 2.45) is 0 Å². The van der Waals surface area contributed by atoms with Gasteiger partial charge in [-0.3, -0.25) is 0 Å². The molecular formula is C13H29NO3Si. The Morgan fingerprint density at radius 1 is 1.17 bits per heavy atom. The quantitative estimate of drug-likeness (QED) is 0.572. The van der Waals surface area contributed by atoms with E-state index in [-0.39, 0.29) is 6.29 Å². The molecule has 0 amide bonds. The third kappa shape index (κ3) is 5.36. The van der Waals surface area contributed by atoms with E-state index in [9.17, 15) is 0 Å². The summed E-state index contributed by atoms with van der Waals surface area (Å²) < 4.78 is 16.8. The predicted octanol–water partition coefficient (Wildman–Crippen LogP) is 2.36. The van der Waals surface area contributed by atoms with Gasteiger partial charge in [-0.1, -0.05) is 20.8 Å². The summed E-state index contributed by atoms with van der Waals surface area (Å²) in [4.78, 5) is 0. The van der Waals surface area contributed by atoms with E-state index in [1.807, 2.05) is 0 Å². The zero-order chi connectivity index (χ0) is 13.6. The summed E-state index contributed by atoms with van der Waals surface area (Å²) in [5.74, 6) is 0. The monoisotopic (exact) mass is 275 g/mol. The number of ether oxygens (including phenoxy) is 2. The molecule has 0 aromatic heterocycles. The van der Waals surface area contributed by atoms with E-state index < -0.39 is 8.32 Å². The molecule has 0 atom stereocenters. The molecule has 0 spiro atoms. The smallest absolute Gasteiger partial charge is 0.192 e. The van der Waals surface area contributed by atoms with Crippen LogP contribution < -0.4 is 5.32 Å². The van der Waals surface area contributed by atoms with Crippen LogP contribution in [0.25, 0.3) is 0 Å². The Bertz CT molecular complexity index is 235. The van der Waals surface area contributed by atoms with Crippen LogP contribution in [0.1, 0.15) is 27.2 Å². The van der Waals surface area contributed by atoms with Crippen molar-refractivity contribution in [2.45, 2.75) is 51.6 Å². The number of hydrogen-bond acceptors (Lipinski definition) is 4. The lowest BCUT2D eigenvalue weighted by Gasteiger charge is -2.36. The Hall–Kier alpha value is 0.0569. The summed E-state index contributed by atoms with van der Waals surface area (Å²) in [5, 5.41) is 3.66. The average molecular weight is 275 g/mol. The standard InChI is InChI=1S/C13H29NO3Si/c1-13(2,3)18(4,5)17-9-8-14-7-6-12-15-10-11-16-12/h12,14H,6-11H2,1-5H3. The highest BCUT2D eigenvalue weighted by atomic mass is 28.4. The molecular weight excluding hydrogens is 246 g/mol. The Labute approximate surface area is 113 Å². The molecule has 1 aliphatic heterocycles. The maximum atomic E-state index is 6.08. The molecule has 18 heavy (non-hydrogen) atoms. The fourth-order valence-corrected chi connectivity index (χ4v) is 2.56. The van der Waals surface area contributed by atoms with Crippen molar-refractivity contribution in [2.75, 3.05) is 32.9 Å². The molecule has 1 N–H and O–H groups in total. The van der Waals surface area contributed by atoms with Crippen LogP contribution in [-0.4, -0.2) is 47.5 Å². The van der Waals surface area contributed by atoms with Crippen molar-refractivity contribution in [1.82, 2.24) is 5.32 Å². The van der Waals surface area contributed by atoms with E-state index in [1.165, 1.54) is 0 Å². The summed E-state index contributed by atoms with van der Waals surface area (Å²) in [6, 6.07) is 0. The van der Waals surface area contributed by atoms with Crippen LogP contribution in [0.15, 0.2) is 0 Å². The van der Waals surface area contributed by atoms with Gasteiger partial charge in [0, 0.05) is 26.1 Å². The molecule has 5 heteroatoms. The summed E-state index contributed by atoms with van der Waals surface area (Å²) in [7, 11) is -1.58. The molecule has 0 saturated carbocycles. The summed E-state index contributed by atoms with van der Waals surface area (Å²) in [6.45, 7) is 15.5. The molecule has 0 bridgehead atoms. The van der Waals surface area contributed by atoms with Gasteiger partial charge in [0.15, 0.2) is 14.6 Å². The van der Waals surface area contributed by atoms with E-state index in [1.54, 1.807) is 0 Å². The van der Waals surface area contributed by atoms with Crippen LogP contribution in [0.5, 0.6) is 0 Å². The van der Waals surface area contributed by atoms with Gasteiger partial charge in [0.05, 0.1) is 13.2 Å². The van der Waals surface area contributed by atoms with E-state index in [0.29, 0.717) is 5.04 Å². The highest BCUT2D eigenvalue weighted by molar-refractivity contribution is 6.74. The first-order valence-corrected chi connectivity index (χ1v) is 9.82. The Morgan fingerprint density at radius 2 is 1.78 bits per heavy atom. The van der Waals surface area contributed by atoms with Crippen molar-refractivity contribution < 1.29 is 13.9 Å².